The minimum atomic E-state index is 0.696. The summed E-state index contributed by atoms with van der Waals surface area (Å²) in [4.78, 5) is 6.42. The zero-order chi connectivity index (χ0) is 13.4. The van der Waals surface area contributed by atoms with Gasteiger partial charge in [0.15, 0.2) is 0 Å². The van der Waals surface area contributed by atoms with Crippen molar-refractivity contribution in [2.45, 2.75) is 0 Å². The Hall–Kier alpha value is -0.651. The number of imidazole rings is 1. The van der Waals surface area contributed by atoms with Crippen LogP contribution in [0.1, 0.15) is 0 Å². The Balaban J connectivity index is 0.000000269. The van der Waals surface area contributed by atoms with Gasteiger partial charge in [-0.15, -0.1) is 0 Å². The van der Waals surface area contributed by atoms with Crippen LogP contribution in [0.15, 0.2) is 49.6 Å². The fourth-order valence-corrected chi connectivity index (χ4v) is 3.51. The maximum absolute atomic E-state index is 6.02. The molecule has 0 saturated carbocycles. The fraction of sp³-hybridized carbons (Fsp3) is 0.0833. The normalized spacial score (nSPS) is 9.28. The van der Waals surface area contributed by atoms with Gasteiger partial charge in [0.1, 0.15) is 0 Å². The van der Waals surface area contributed by atoms with Crippen molar-refractivity contribution in [3.8, 4) is 0 Å². The van der Waals surface area contributed by atoms with E-state index in [2.05, 4.69) is 19.7 Å². The van der Waals surface area contributed by atoms with Gasteiger partial charge in [-0.05, 0) is 0 Å². The quantitative estimate of drug-likeness (QED) is 0.646. The van der Waals surface area contributed by atoms with E-state index >= 15 is 0 Å². The molecule has 0 saturated heterocycles. The molecule has 2 aromatic rings. The second-order valence-corrected chi connectivity index (χ2v) is 5.87. The molecule has 0 spiro atoms. The van der Waals surface area contributed by atoms with Crippen LogP contribution in [0.3, 0.4) is 0 Å². The first-order valence-corrected chi connectivity index (χ1v) is 7.39. The number of nitrogens with zero attached hydrogens (tertiary/aromatic N) is 2. The van der Waals surface area contributed by atoms with Crippen LogP contribution in [0.5, 0.6) is 0 Å². The van der Waals surface area contributed by atoms with Crippen molar-refractivity contribution >= 4 is 51.7 Å². The Kier molecular flexibility index (Phi) is 7.23. The van der Waals surface area contributed by atoms with Gasteiger partial charge in [-0.2, -0.15) is 0 Å². The molecule has 3 nitrogen and oxygen atoms in total. The van der Waals surface area contributed by atoms with Crippen molar-refractivity contribution < 1.29 is 0 Å². The van der Waals surface area contributed by atoms with Crippen LogP contribution < -0.4 is 3.12 Å². The van der Waals surface area contributed by atoms with E-state index in [1.807, 2.05) is 24.3 Å². The fourth-order valence-electron chi connectivity index (χ4n) is 1.21. The number of H-pyrrole nitrogens is 1. The number of hydrogen-bond acceptors (Lipinski definition) is 2. The van der Waals surface area contributed by atoms with Gasteiger partial charge in [0.2, 0.25) is 0 Å². The van der Waals surface area contributed by atoms with Crippen LogP contribution in [0.2, 0.25) is 10.0 Å². The molecule has 94 valence electrons. The maximum Gasteiger partial charge on any atom is 0.0919 e. The summed E-state index contributed by atoms with van der Waals surface area (Å²) in [5.74, 6) is 0. The summed E-state index contributed by atoms with van der Waals surface area (Å²) in [6.45, 7) is 4.46. The standard InChI is InChI=1S/C9H8Cl2N.C3H4N2.Sn.H/c1-2-6-12-9-7(10)4-3-5-8(9)11;1-2-5-3-4-1;;/h2-5H,1,6H2;1-3H,(H,4,5);;/q-1;;+1;. The first kappa shape index (κ1) is 15.4. The Morgan fingerprint density at radius 1 is 1.39 bits per heavy atom. The van der Waals surface area contributed by atoms with Crippen LogP contribution in [0.25, 0.3) is 0 Å². The third-order valence-electron chi connectivity index (χ3n) is 1.96. The van der Waals surface area contributed by atoms with Crippen LogP contribution in [0.4, 0.5) is 5.69 Å². The van der Waals surface area contributed by atoms with Gasteiger partial charge in [0.05, 0.1) is 6.33 Å². The molecule has 1 aromatic heterocycles. The average Bonchev–Trinajstić information content (AvgIpc) is 2.87. The van der Waals surface area contributed by atoms with E-state index in [0.717, 1.165) is 35.0 Å². The van der Waals surface area contributed by atoms with Gasteiger partial charge < -0.3 is 4.98 Å². The molecular weight excluding hydrogens is 376 g/mol. The average molecular weight is 389 g/mol. The summed E-state index contributed by atoms with van der Waals surface area (Å²) in [5.41, 5.74) is 0.910. The van der Waals surface area contributed by atoms with E-state index in [1.54, 1.807) is 18.7 Å². The third kappa shape index (κ3) is 4.92. The number of anilines is 1. The van der Waals surface area contributed by atoms with Crippen LogP contribution in [-0.4, -0.2) is 39.3 Å². The number of para-hydroxylation sites is 1. The van der Waals surface area contributed by atoms with E-state index in [0.29, 0.717) is 10.0 Å². The molecule has 1 N–H and O–H groups in total. The summed E-state index contributed by atoms with van der Waals surface area (Å²) in [5, 5.41) is 1.39. The minimum Gasteiger partial charge on any atom is -0.351 e. The second-order valence-electron chi connectivity index (χ2n) is 3.27. The molecule has 0 unspecified atom stereocenters. The van der Waals surface area contributed by atoms with Gasteiger partial charge in [-0.25, -0.2) is 4.98 Å². The second kappa shape index (κ2) is 8.45. The Labute approximate surface area is 130 Å². The van der Waals surface area contributed by atoms with Gasteiger partial charge in [0.25, 0.3) is 0 Å². The summed E-state index contributed by atoms with van der Waals surface area (Å²) < 4.78 is 2.09. The molecule has 0 aliphatic rings. The molecule has 1 aromatic carbocycles. The SMILES string of the molecule is C=CC[N]([SnH])c1c(Cl)cccc1Cl.c1c[nH]cn1. The Morgan fingerprint density at radius 3 is 2.44 bits per heavy atom. The molecule has 0 bridgehead atoms. The van der Waals surface area contributed by atoms with Gasteiger partial charge in [-0.1, -0.05) is 0 Å². The number of rotatable bonds is 3. The number of nitrogens with one attached hydrogen (secondary N) is 1. The Bertz CT molecular complexity index is 437. The largest absolute Gasteiger partial charge is 0.351 e. The van der Waals surface area contributed by atoms with Crippen LogP contribution in [-0.2, 0) is 0 Å². The summed E-state index contributed by atoms with van der Waals surface area (Å²) in [6.07, 6.45) is 6.92. The summed E-state index contributed by atoms with van der Waals surface area (Å²) >= 11 is 13.0. The van der Waals surface area contributed by atoms with Crippen molar-refractivity contribution in [3.05, 3.63) is 59.6 Å². The number of aromatic nitrogens is 2. The zero-order valence-corrected chi connectivity index (χ0v) is 14.5. The molecule has 0 fully saturated rings. The van der Waals surface area contributed by atoms with Crippen molar-refractivity contribution in [1.29, 1.82) is 0 Å². The van der Waals surface area contributed by atoms with Crippen molar-refractivity contribution in [2.24, 2.45) is 0 Å². The number of aromatic amines is 1. The van der Waals surface area contributed by atoms with Gasteiger partial charge >= 0.3 is 102 Å². The predicted octanol–water partition coefficient (Wildman–Crippen LogP) is 3.21. The Morgan fingerprint density at radius 2 is 2.06 bits per heavy atom. The molecule has 6 heteroatoms. The number of halogens is 2. The van der Waals surface area contributed by atoms with Crippen LogP contribution >= 0.6 is 23.2 Å². The summed E-state index contributed by atoms with van der Waals surface area (Å²) in [7, 11) is 0. The third-order valence-corrected chi connectivity index (χ3v) is 3.91. The number of hydrogen-bond donors (Lipinski definition) is 1. The molecule has 0 amide bonds. The molecule has 18 heavy (non-hydrogen) atoms. The van der Waals surface area contributed by atoms with E-state index in [9.17, 15) is 0 Å². The molecule has 0 atom stereocenters. The van der Waals surface area contributed by atoms with Gasteiger partial charge in [-0.3, -0.25) is 0 Å². The first-order valence-electron chi connectivity index (χ1n) is 5.16. The first-order chi connectivity index (χ1) is 8.66. The van der Waals surface area contributed by atoms with E-state index in [4.69, 9.17) is 23.2 Å². The monoisotopic (exact) mass is 389 g/mol. The maximum atomic E-state index is 6.02. The van der Waals surface area contributed by atoms with Crippen LogP contribution in [0, 0.1) is 0 Å². The van der Waals surface area contributed by atoms with Gasteiger partial charge in [0, 0.05) is 12.4 Å². The van der Waals surface area contributed by atoms with E-state index in [1.165, 1.54) is 0 Å². The zero-order valence-electron chi connectivity index (χ0n) is 9.68. The van der Waals surface area contributed by atoms with Crippen molar-refractivity contribution in [2.75, 3.05) is 9.67 Å². The van der Waals surface area contributed by atoms with Crippen molar-refractivity contribution in [3.63, 3.8) is 0 Å². The molecule has 2 radical (unpaired) electrons. The van der Waals surface area contributed by atoms with E-state index in [-0.39, 0.29) is 0 Å². The molecule has 1 heterocycles. The number of benzene rings is 1. The smallest absolute Gasteiger partial charge is 0.0919 e. The molecule has 2 rings (SSSR count). The van der Waals surface area contributed by atoms with E-state index < -0.39 is 0 Å². The molecule has 0 aliphatic heterocycles. The predicted molar refractivity (Wildman–Crippen MR) is 79.7 cm³/mol. The van der Waals surface area contributed by atoms with Crippen molar-refractivity contribution in [1.82, 2.24) is 9.97 Å². The summed E-state index contributed by atoms with van der Waals surface area (Å²) in [6, 6.07) is 5.53. The minimum absolute atomic E-state index is 0.696. The molecular formula is C12H13Cl2N3Sn. The molecule has 0 aliphatic carbocycles. The topological polar surface area (TPSA) is 31.9 Å².